The molecule has 28 heavy (non-hydrogen) atoms. The summed E-state index contributed by atoms with van der Waals surface area (Å²) in [7, 11) is 0. The van der Waals surface area contributed by atoms with Crippen molar-refractivity contribution in [3.8, 4) is 11.8 Å². The zero-order chi connectivity index (χ0) is 20.7. The Hall–Kier alpha value is -2.37. The van der Waals surface area contributed by atoms with Crippen LogP contribution in [0.5, 0.6) is 0 Å². The number of nitrogens with two attached hydrogens (primary N) is 1. The van der Waals surface area contributed by atoms with E-state index in [1.54, 1.807) is 5.38 Å². The molecule has 0 aliphatic carbocycles. The van der Waals surface area contributed by atoms with E-state index in [0.717, 1.165) is 18.0 Å². The number of aryl methyl sites for hydroxylation is 1. The molecule has 1 aromatic carbocycles. The zero-order valence-electron chi connectivity index (χ0n) is 15.9. The summed E-state index contributed by atoms with van der Waals surface area (Å²) in [5.74, 6) is 1.22. The van der Waals surface area contributed by atoms with Gasteiger partial charge in [0.25, 0.3) is 0 Å². The minimum absolute atomic E-state index is 0.124. The number of thiazole rings is 1. The van der Waals surface area contributed by atoms with Gasteiger partial charge in [-0.15, -0.1) is 11.3 Å². The van der Waals surface area contributed by atoms with Crippen LogP contribution in [0.15, 0.2) is 28.6 Å². The number of amidine groups is 1. The second-order valence-electron chi connectivity index (χ2n) is 7.25. The predicted octanol–water partition coefficient (Wildman–Crippen LogP) is 4.01. The summed E-state index contributed by atoms with van der Waals surface area (Å²) in [4.78, 5) is 8.20. The number of alkyl halides is 2. The molecule has 2 aromatic rings. The molecule has 3 rings (SSSR count). The monoisotopic (exact) mass is 407 g/mol. The van der Waals surface area contributed by atoms with Crippen LogP contribution in [0.1, 0.15) is 42.6 Å². The van der Waals surface area contributed by atoms with Crippen LogP contribution in [0.25, 0.3) is 0 Å². The molecule has 0 spiro atoms. The van der Waals surface area contributed by atoms with Crippen molar-refractivity contribution in [2.45, 2.75) is 44.8 Å². The highest BCUT2D eigenvalue weighted by atomic mass is 32.1. The summed E-state index contributed by atoms with van der Waals surface area (Å²) in [6.45, 7) is 5.24. The SMILES string of the molecule is Cc1nc(C#Cc2ccc(F)c([C@@]3(C)N=C(N)COC(C)(C)C3(F)F)c2)cs1. The molecule has 2 N–H and O–H groups in total. The van der Waals surface area contributed by atoms with Gasteiger partial charge in [-0.3, -0.25) is 4.99 Å². The summed E-state index contributed by atoms with van der Waals surface area (Å²) in [6.07, 6.45) is 0. The van der Waals surface area contributed by atoms with Gasteiger partial charge in [-0.25, -0.2) is 18.2 Å². The Kier molecular flexibility index (Phi) is 5.02. The van der Waals surface area contributed by atoms with E-state index in [9.17, 15) is 4.39 Å². The molecule has 1 aliphatic heterocycles. The van der Waals surface area contributed by atoms with Gasteiger partial charge in [-0.2, -0.15) is 0 Å². The second kappa shape index (κ2) is 6.90. The molecule has 1 aromatic heterocycles. The zero-order valence-corrected chi connectivity index (χ0v) is 16.8. The Bertz CT molecular complexity index is 1000. The van der Waals surface area contributed by atoms with E-state index in [2.05, 4.69) is 21.8 Å². The highest BCUT2D eigenvalue weighted by Gasteiger charge is 2.63. The Balaban J connectivity index is 2.13. The highest BCUT2D eigenvalue weighted by molar-refractivity contribution is 7.09. The lowest BCUT2D eigenvalue weighted by atomic mass is 9.77. The number of nitrogens with zero attached hydrogens (tertiary/aromatic N) is 2. The van der Waals surface area contributed by atoms with Crippen LogP contribution in [-0.4, -0.2) is 29.0 Å². The summed E-state index contributed by atoms with van der Waals surface area (Å²) < 4.78 is 50.8. The molecule has 0 bridgehead atoms. The topological polar surface area (TPSA) is 60.5 Å². The van der Waals surface area contributed by atoms with Gasteiger partial charge in [-0.05, 0) is 51.8 Å². The van der Waals surface area contributed by atoms with Crippen molar-refractivity contribution in [1.82, 2.24) is 4.98 Å². The molecular weight excluding hydrogens is 387 g/mol. The van der Waals surface area contributed by atoms with Gasteiger partial charge in [0.1, 0.15) is 29.6 Å². The van der Waals surface area contributed by atoms with E-state index in [1.165, 1.54) is 37.3 Å². The molecular formula is C20H20F3N3OS. The largest absolute Gasteiger partial charge is 0.385 e. The minimum Gasteiger partial charge on any atom is -0.385 e. The van der Waals surface area contributed by atoms with Crippen molar-refractivity contribution in [1.29, 1.82) is 0 Å². The molecule has 0 saturated carbocycles. The number of ether oxygens (including phenoxy) is 1. The lowest BCUT2D eigenvalue weighted by Gasteiger charge is -2.41. The first-order chi connectivity index (χ1) is 13.0. The van der Waals surface area contributed by atoms with E-state index in [4.69, 9.17) is 10.5 Å². The number of halogens is 3. The van der Waals surface area contributed by atoms with Crippen molar-refractivity contribution in [2.24, 2.45) is 10.7 Å². The van der Waals surface area contributed by atoms with Crippen LogP contribution >= 0.6 is 11.3 Å². The molecule has 4 nitrogen and oxygen atoms in total. The normalized spacial score (nSPS) is 23.3. The van der Waals surface area contributed by atoms with Crippen molar-refractivity contribution >= 4 is 17.2 Å². The minimum atomic E-state index is -3.54. The van der Waals surface area contributed by atoms with E-state index in [0.29, 0.717) is 11.3 Å². The maximum atomic E-state index is 15.4. The molecule has 0 radical (unpaired) electrons. The fourth-order valence-corrected chi connectivity index (χ4v) is 3.63. The van der Waals surface area contributed by atoms with Gasteiger partial charge < -0.3 is 10.5 Å². The Morgan fingerprint density at radius 3 is 2.57 bits per heavy atom. The van der Waals surface area contributed by atoms with Crippen LogP contribution in [0.3, 0.4) is 0 Å². The van der Waals surface area contributed by atoms with Crippen molar-refractivity contribution < 1.29 is 17.9 Å². The first-order valence-electron chi connectivity index (χ1n) is 8.56. The number of rotatable bonds is 1. The van der Waals surface area contributed by atoms with Crippen LogP contribution in [0, 0.1) is 24.6 Å². The number of aromatic nitrogens is 1. The molecule has 0 saturated heterocycles. The van der Waals surface area contributed by atoms with Gasteiger partial charge >= 0.3 is 5.92 Å². The van der Waals surface area contributed by atoms with Gasteiger partial charge in [-0.1, -0.05) is 5.92 Å². The van der Waals surface area contributed by atoms with E-state index < -0.39 is 22.9 Å². The average Bonchev–Trinajstić information content (AvgIpc) is 3.01. The number of benzene rings is 1. The summed E-state index contributed by atoms with van der Waals surface area (Å²) in [5.41, 5.74) is 2.24. The van der Waals surface area contributed by atoms with E-state index >= 15 is 8.78 Å². The Labute approximate surface area is 165 Å². The Morgan fingerprint density at radius 2 is 1.93 bits per heavy atom. The number of hydrogen-bond acceptors (Lipinski definition) is 5. The lowest BCUT2D eigenvalue weighted by Crippen LogP contribution is -2.56. The molecule has 1 aliphatic rings. The number of aliphatic imine (C=N–C) groups is 1. The van der Waals surface area contributed by atoms with E-state index in [1.807, 2.05) is 6.92 Å². The first-order valence-corrected chi connectivity index (χ1v) is 9.44. The van der Waals surface area contributed by atoms with Crippen molar-refractivity contribution in [3.05, 3.63) is 51.2 Å². The van der Waals surface area contributed by atoms with Gasteiger partial charge in [0, 0.05) is 16.5 Å². The highest BCUT2D eigenvalue weighted by Crippen LogP contribution is 2.50. The van der Waals surface area contributed by atoms with Crippen LogP contribution in [0.2, 0.25) is 0 Å². The summed E-state index contributed by atoms with van der Waals surface area (Å²) >= 11 is 1.45. The van der Waals surface area contributed by atoms with Crippen LogP contribution in [-0.2, 0) is 10.3 Å². The van der Waals surface area contributed by atoms with Crippen molar-refractivity contribution in [3.63, 3.8) is 0 Å². The smallest absolute Gasteiger partial charge is 0.304 e. The first kappa shape index (κ1) is 20.4. The molecule has 0 amide bonds. The van der Waals surface area contributed by atoms with Crippen molar-refractivity contribution in [2.75, 3.05) is 6.61 Å². The third-order valence-corrected chi connectivity index (χ3v) is 5.53. The standard InChI is InChI=1S/C20H20F3N3OS/c1-12-25-14(11-28-12)7-5-13-6-8-16(21)15(9-13)19(4)20(22,23)18(2,3)27-10-17(24)26-19/h6,8-9,11H,10H2,1-4H3,(H2,24,26)/t19-/m1/s1. The third-order valence-electron chi connectivity index (χ3n) is 4.76. The molecule has 148 valence electrons. The van der Waals surface area contributed by atoms with Crippen LogP contribution in [0.4, 0.5) is 13.2 Å². The van der Waals surface area contributed by atoms with Crippen LogP contribution < -0.4 is 5.73 Å². The Morgan fingerprint density at radius 1 is 1.21 bits per heavy atom. The quantitative estimate of drug-likeness (QED) is 0.727. The van der Waals surface area contributed by atoms with Gasteiger partial charge in [0.2, 0.25) is 0 Å². The fourth-order valence-electron chi connectivity index (χ4n) is 3.08. The summed E-state index contributed by atoms with van der Waals surface area (Å²) in [5, 5.41) is 2.65. The van der Waals surface area contributed by atoms with E-state index in [-0.39, 0.29) is 18.0 Å². The van der Waals surface area contributed by atoms with Gasteiger partial charge in [0.15, 0.2) is 5.54 Å². The second-order valence-corrected chi connectivity index (χ2v) is 8.31. The molecule has 0 fully saturated rings. The maximum Gasteiger partial charge on any atom is 0.304 e. The molecule has 1 atom stereocenters. The third kappa shape index (κ3) is 3.40. The molecule has 2 heterocycles. The number of hydrogen-bond donors (Lipinski definition) is 1. The lowest BCUT2D eigenvalue weighted by molar-refractivity contribution is -0.214. The summed E-state index contributed by atoms with van der Waals surface area (Å²) in [6, 6.07) is 3.82. The maximum absolute atomic E-state index is 15.4. The fraction of sp³-hybridized carbons (Fsp3) is 0.400. The molecule has 0 unspecified atom stereocenters. The predicted molar refractivity (Wildman–Crippen MR) is 103 cm³/mol. The average molecular weight is 407 g/mol. The molecule has 8 heteroatoms. The van der Waals surface area contributed by atoms with Gasteiger partial charge in [0.05, 0.1) is 5.01 Å².